The number of pyridine rings is 1. The minimum Gasteiger partial charge on any atom is -0.465 e. The molecule has 19 heavy (non-hydrogen) atoms. The number of hydrazine groups is 1. The van der Waals surface area contributed by atoms with Gasteiger partial charge in [-0.2, -0.15) is 0 Å². The molecule has 8 heteroatoms. The van der Waals surface area contributed by atoms with Crippen LogP contribution in [-0.2, 0) is 6.54 Å². The van der Waals surface area contributed by atoms with Crippen molar-refractivity contribution < 1.29 is 9.34 Å². The van der Waals surface area contributed by atoms with Crippen LogP contribution in [0.2, 0.25) is 0 Å². The number of nitro groups is 1. The first-order valence-electron chi connectivity index (χ1n) is 5.51. The molecule has 0 aliphatic rings. The maximum atomic E-state index is 10.8. The maximum absolute atomic E-state index is 10.8. The Kier molecular flexibility index (Phi) is 3.62. The van der Waals surface area contributed by atoms with E-state index in [2.05, 4.69) is 15.7 Å². The van der Waals surface area contributed by atoms with Crippen LogP contribution in [0.3, 0.4) is 0 Å². The Balaban J connectivity index is 2.15. The molecule has 0 fully saturated rings. The quantitative estimate of drug-likeness (QED) is 0.427. The number of anilines is 2. The average molecular weight is 263 g/mol. The van der Waals surface area contributed by atoms with Gasteiger partial charge in [0, 0.05) is 0 Å². The van der Waals surface area contributed by atoms with E-state index in [1.54, 1.807) is 0 Å². The number of nitrogens with one attached hydrogen (secondary N) is 2. The molecule has 0 radical (unpaired) electrons. The highest BCUT2D eigenvalue weighted by molar-refractivity contribution is 5.54. The Morgan fingerprint density at radius 3 is 2.74 bits per heavy atom. The number of aryl methyl sites for hydroxylation is 1. The molecule has 0 saturated heterocycles. The van der Waals surface area contributed by atoms with E-state index in [1.165, 1.54) is 12.1 Å². The third kappa shape index (κ3) is 3.19. The van der Waals surface area contributed by atoms with Crippen LogP contribution in [0.25, 0.3) is 0 Å². The number of hydrogen-bond acceptors (Lipinski definition) is 7. The summed E-state index contributed by atoms with van der Waals surface area (Å²) in [7, 11) is 0. The van der Waals surface area contributed by atoms with E-state index in [1.807, 2.05) is 19.1 Å². The van der Waals surface area contributed by atoms with Crippen molar-refractivity contribution in [1.29, 1.82) is 0 Å². The molecule has 0 amide bonds. The van der Waals surface area contributed by atoms with E-state index in [-0.39, 0.29) is 11.5 Å². The van der Waals surface area contributed by atoms with Gasteiger partial charge >= 0.3 is 0 Å². The van der Waals surface area contributed by atoms with Crippen LogP contribution in [0.1, 0.15) is 11.5 Å². The predicted octanol–water partition coefficient (Wildman–Crippen LogP) is 1.79. The van der Waals surface area contributed by atoms with Crippen LogP contribution < -0.4 is 16.6 Å². The molecule has 0 spiro atoms. The minimum atomic E-state index is -0.509. The van der Waals surface area contributed by atoms with Crippen molar-refractivity contribution in [2.24, 2.45) is 5.84 Å². The zero-order valence-corrected chi connectivity index (χ0v) is 10.2. The first-order chi connectivity index (χ1) is 9.08. The minimum absolute atomic E-state index is 0.0962. The zero-order chi connectivity index (χ0) is 13.8. The Labute approximate surface area is 108 Å². The molecule has 2 heterocycles. The van der Waals surface area contributed by atoms with Crippen molar-refractivity contribution in [3.63, 3.8) is 0 Å². The Hall–Kier alpha value is -2.61. The zero-order valence-electron chi connectivity index (χ0n) is 10.2. The second-order valence-electron chi connectivity index (χ2n) is 3.86. The van der Waals surface area contributed by atoms with Gasteiger partial charge in [0.15, 0.2) is 0 Å². The Morgan fingerprint density at radius 2 is 2.16 bits per heavy atom. The van der Waals surface area contributed by atoms with Gasteiger partial charge in [-0.15, -0.1) is 0 Å². The molecular formula is C11H13N5O3. The molecule has 0 saturated carbocycles. The second kappa shape index (κ2) is 5.36. The summed E-state index contributed by atoms with van der Waals surface area (Å²) in [4.78, 5) is 14.3. The first-order valence-corrected chi connectivity index (χ1v) is 5.51. The maximum Gasteiger partial charge on any atom is 0.276 e. The number of rotatable bonds is 5. The van der Waals surface area contributed by atoms with E-state index in [9.17, 15) is 10.1 Å². The Morgan fingerprint density at radius 1 is 1.42 bits per heavy atom. The van der Waals surface area contributed by atoms with Crippen LogP contribution in [0, 0.1) is 17.0 Å². The highest BCUT2D eigenvalue weighted by atomic mass is 16.6. The Bertz CT molecular complexity index is 596. The largest absolute Gasteiger partial charge is 0.465 e. The van der Waals surface area contributed by atoms with Crippen molar-refractivity contribution in [3.05, 3.63) is 45.9 Å². The van der Waals surface area contributed by atoms with Crippen molar-refractivity contribution in [2.75, 3.05) is 10.7 Å². The molecule has 0 atom stereocenters. The second-order valence-corrected chi connectivity index (χ2v) is 3.86. The van der Waals surface area contributed by atoms with Crippen LogP contribution in [0.4, 0.5) is 17.3 Å². The van der Waals surface area contributed by atoms with Crippen LogP contribution in [0.15, 0.2) is 28.7 Å². The van der Waals surface area contributed by atoms with E-state index >= 15 is 0 Å². The number of nitrogens with zero attached hydrogens (tertiary/aromatic N) is 2. The summed E-state index contributed by atoms with van der Waals surface area (Å²) in [6, 6.07) is 6.24. The monoisotopic (exact) mass is 263 g/mol. The molecule has 0 aliphatic heterocycles. The summed E-state index contributed by atoms with van der Waals surface area (Å²) in [5, 5.41) is 13.7. The fourth-order valence-electron chi connectivity index (χ4n) is 1.54. The van der Waals surface area contributed by atoms with Gasteiger partial charge in [0.2, 0.25) is 0 Å². The van der Waals surface area contributed by atoms with E-state index in [0.717, 1.165) is 5.76 Å². The first kappa shape index (κ1) is 12.8. The lowest BCUT2D eigenvalue weighted by atomic mass is 10.3. The van der Waals surface area contributed by atoms with E-state index in [4.69, 9.17) is 10.3 Å². The number of aromatic nitrogens is 1. The molecule has 8 nitrogen and oxygen atoms in total. The number of furan rings is 1. The molecule has 0 unspecified atom stereocenters. The van der Waals surface area contributed by atoms with Crippen LogP contribution in [0.5, 0.6) is 0 Å². The highest BCUT2D eigenvalue weighted by Gasteiger charge is 2.11. The van der Waals surface area contributed by atoms with Gasteiger partial charge in [0.05, 0.1) is 23.6 Å². The normalized spacial score (nSPS) is 10.2. The van der Waals surface area contributed by atoms with Crippen LogP contribution in [-0.4, -0.2) is 9.91 Å². The summed E-state index contributed by atoms with van der Waals surface area (Å²) in [5.74, 6) is 7.29. The molecule has 100 valence electrons. The van der Waals surface area contributed by atoms with Gasteiger partial charge < -0.3 is 15.2 Å². The molecule has 2 aromatic heterocycles. The smallest absolute Gasteiger partial charge is 0.276 e. The SMILES string of the molecule is Cc1ccc(CNc2cc([N+](=O)[O-])cc(NN)n2)o1. The predicted molar refractivity (Wildman–Crippen MR) is 69.5 cm³/mol. The molecule has 0 bridgehead atoms. The summed E-state index contributed by atoms with van der Waals surface area (Å²) in [6.45, 7) is 2.22. The summed E-state index contributed by atoms with van der Waals surface area (Å²) >= 11 is 0. The van der Waals surface area contributed by atoms with Gasteiger partial charge in [0.1, 0.15) is 23.2 Å². The molecule has 4 N–H and O–H groups in total. The number of nitrogen functional groups attached to an aromatic ring is 1. The molecule has 2 rings (SSSR count). The van der Waals surface area contributed by atoms with Gasteiger partial charge in [-0.25, -0.2) is 10.8 Å². The molecule has 0 aliphatic carbocycles. The summed E-state index contributed by atoms with van der Waals surface area (Å²) in [5.41, 5.74) is 2.19. The van der Waals surface area contributed by atoms with Crippen molar-refractivity contribution in [3.8, 4) is 0 Å². The fraction of sp³-hybridized carbons (Fsp3) is 0.182. The van der Waals surface area contributed by atoms with Gasteiger partial charge in [0.25, 0.3) is 5.69 Å². The van der Waals surface area contributed by atoms with Crippen molar-refractivity contribution >= 4 is 17.3 Å². The lowest BCUT2D eigenvalue weighted by Crippen LogP contribution is -2.10. The number of nitrogens with two attached hydrogens (primary N) is 1. The topological polar surface area (TPSA) is 119 Å². The van der Waals surface area contributed by atoms with Crippen LogP contribution >= 0.6 is 0 Å². The molecule has 2 aromatic rings. The summed E-state index contributed by atoms with van der Waals surface area (Å²) < 4.78 is 5.38. The average Bonchev–Trinajstić information content (AvgIpc) is 2.81. The van der Waals surface area contributed by atoms with E-state index in [0.29, 0.717) is 18.1 Å². The van der Waals surface area contributed by atoms with Crippen molar-refractivity contribution in [1.82, 2.24) is 4.98 Å². The lowest BCUT2D eigenvalue weighted by molar-refractivity contribution is -0.384. The lowest BCUT2D eigenvalue weighted by Gasteiger charge is -2.06. The third-order valence-electron chi connectivity index (χ3n) is 2.41. The van der Waals surface area contributed by atoms with Gasteiger partial charge in [-0.3, -0.25) is 10.1 Å². The summed E-state index contributed by atoms with van der Waals surface area (Å²) in [6.07, 6.45) is 0. The molecular weight excluding hydrogens is 250 g/mol. The number of hydrogen-bond donors (Lipinski definition) is 3. The van der Waals surface area contributed by atoms with Crippen molar-refractivity contribution in [2.45, 2.75) is 13.5 Å². The van der Waals surface area contributed by atoms with Gasteiger partial charge in [-0.1, -0.05) is 0 Å². The molecule has 0 aromatic carbocycles. The standard InChI is InChI=1S/C11H13N5O3/c1-7-2-3-9(19-7)6-13-10-4-8(16(17)18)5-11(14-10)15-12/h2-5H,6,12H2,1H3,(H2,13,14,15). The van der Waals surface area contributed by atoms with E-state index < -0.39 is 4.92 Å². The fourth-order valence-corrected chi connectivity index (χ4v) is 1.54. The highest BCUT2D eigenvalue weighted by Crippen LogP contribution is 2.20. The van der Waals surface area contributed by atoms with Gasteiger partial charge in [-0.05, 0) is 19.1 Å². The third-order valence-corrected chi connectivity index (χ3v) is 2.41.